The topological polar surface area (TPSA) is 75.1 Å². The van der Waals surface area contributed by atoms with Gasteiger partial charge in [0.15, 0.2) is 5.58 Å². The summed E-state index contributed by atoms with van der Waals surface area (Å²) in [6.07, 6.45) is 2.14. The minimum Gasteiger partial charge on any atom is -0.408 e. The molecule has 5 heteroatoms. The highest BCUT2D eigenvalue weighted by Crippen LogP contribution is 2.12. The first-order valence-corrected chi connectivity index (χ1v) is 6.07. The number of oxazole rings is 1. The Morgan fingerprint density at radius 1 is 1.44 bits per heavy atom. The quantitative estimate of drug-likeness (QED) is 0.843. The number of aromatic nitrogens is 1. The fourth-order valence-electron chi connectivity index (χ4n) is 1.81. The number of carbonyl (C=O) groups is 1. The van der Waals surface area contributed by atoms with Gasteiger partial charge in [-0.05, 0) is 30.5 Å². The predicted octanol–water partition coefficient (Wildman–Crippen LogP) is 1.58. The highest BCUT2D eigenvalue weighted by Gasteiger charge is 2.03. The van der Waals surface area contributed by atoms with E-state index in [0.717, 1.165) is 18.4 Å². The van der Waals surface area contributed by atoms with E-state index in [1.807, 2.05) is 25.1 Å². The van der Waals surface area contributed by atoms with Crippen LogP contribution in [-0.4, -0.2) is 17.4 Å². The van der Waals surface area contributed by atoms with E-state index < -0.39 is 5.76 Å². The monoisotopic (exact) mass is 248 g/mol. The minimum absolute atomic E-state index is 0.0757. The zero-order valence-electron chi connectivity index (χ0n) is 10.3. The molecular weight excluding hydrogens is 232 g/mol. The predicted molar refractivity (Wildman–Crippen MR) is 68.5 cm³/mol. The van der Waals surface area contributed by atoms with Crippen LogP contribution in [0.3, 0.4) is 0 Å². The zero-order chi connectivity index (χ0) is 13.0. The van der Waals surface area contributed by atoms with Crippen LogP contribution in [0.2, 0.25) is 0 Å². The summed E-state index contributed by atoms with van der Waals surface area (Å²) < 4.78 is 4.98. The third kappa shape index (κ3) is 3.00. The molecule has 0 radical (unpaired) electrons. The first-order valence-electron chi connectivity index (χ1n) is 6.07. The number of aromatic amines is 1. The van der Waals surface area contributed by atoms with Gasteiger partial charge in [-0.2, -0.15) is 0 Å². The average molecular weight is 248 g/mol. The number of hydrogen-bond donors (Lipinski definition) is 2. The van der Waals surface area contributed by atoms with Crippen molar-refractivity contribution in [1.82, 2.24) is 10.3 Å². The van der Waals surface area contributed by atoms with Crippen molar-refractivity contribution in [3.8, 4) is 0 Å². The van der Waals surface area contributed by atoms with Crippen molar-refractivity contribution in [2.75, 3.05) is 6.54 Å². The van der Waals surface area contributed by atoms with Crippen molar-refractivity contribution in [3.63, 3.8) is 0 Å². The van der Waals surface area contributed by atoms with Crippen molar-refractivity contribution < 1.29 is 9.21 Å². The third-order valence-electron chi connectivity index (χ3n) is 2.70. The summed E-state index contributed by atoms with van der Waals surface area (Å²) >= 11 is 0. The largest absolute Gasteiger partial charge is 0.417 e. The second-order valence-corrected chi connectivity index (χ2v) is 4.19. The highest BCUT2D eigenvalue weighted by atomic mass is 16.4. The Morgan fingerprint density at radius 2 is 2.28 bits per heavy atom. The van der Waals surface area contributed by atoms with Gasteiger partial charge in [0.25, 0.3) is 0 Å². The molecule has 1 aromatic heterocycles. The molecule has 0 aliphatic heterocycles. The summed E-state index contributed by atoms with van der Waals surface area (Å²) in [5.74, 6) is -0.370. The maximum atomic E-state index is 11.3. The van der Waals surface area contributed by atoms with Crippen molar-refractivity contribution in [3.05, 3.63) is 34.3 Å². The molecule has 2 aromatic rings. The minimum atomic E-state index is -0.446. The van der Waals surface area contributed by atoms with E-state index in [0.29, 0.717) is 24.1 Å². The molecule has 0 unspecified atom stereocenters. The molecular formula is C13H16N2O3. The summed E-state index contributed by atoms with van der Waals surface area (Å²) in [7, 11) is 0. The summed E-state index contributed by atoms with van der Waals surface area (Å²) in [6.45, 7) is 2.57. The van der Waals surface area contributed by atoms with Gasteiger partial charge in [-0.1, -0.05) is 13.0 Å². The first-order chi connectivity index (χ1) is 8.69. The number of nitrogens with one attached hydrogen (secondary N) is 2. The fourth-order valence-corrected chi connectivity index (χ4v) is 1.81. The summed E-state index contributed by atoms with van der Waals surface area (Å²) in [4.78, 5) is 24.9. The number of hydrogen-bond acceptors (Lipinski definition) is 3. The molecule has 2 N–H and O–H groups in total. The number of fused-ring (bicyclic) bond motifs is 1. The van der Waals surface area contributed by atoms with Crippen LogP contribution in [0.15, 0.2) is 27.4 Å². The van der Waals surface area contributed by atoms with Crippen LogP contribution in [-0.2, 0) is 11.2 Å². The molecule has 0 fully saturated rings. The maximum absolute atomic E-state index is 11.3. The molecule has 0 spiro atoms. The van der Waals surface area contributed by atoms with Gasteiger partial charge >= 0.3 is 5.76 Å². The van der Waals surface area contributed by atoms with Gasteiger partial charge < -0.3 is 9.73 Å². The van der Waals surface area contributed by atoms with Crippen LogP contribution >= 0.6 is 0 Å². The molecule has 0 saturated heterocycles. The van der Waals surface area contributed by atoms with Crippen LogP contribution in [0, 0.1) is 0 Å². The number of rotatable bonds is 5. The number of H-pyrrole nitrogens is 1. The van der Waals surface area contributed by atoms with E-state index in [2.05, 4.69) is 10.3 Å². The Kier molecular flexibility index (Phi) is 3.82. The normalized spacial score (nSPS) is 10.7. The standard InChI is InChI=1S/C13H16N2O3/c1-2-3-12(16)14-7-6-9-4-5-10-11(8-9)18-13(17)15-10/h4-5,8H,2-3,6-7H2,1H3,(H,14,16)(H,15,17). The molecule has 0 saturated carbocycles. The van der Waals surface area contributed by atoms with Crippen molar-refractivity contribution in [2.24, 2.45) is 0 Å². The summed E-state index contributed by atoms with van der Waals surface area (Å²) in [5.41, 5.74) is 2.28. The van der Waals surface area contributed by atoms with Gasteiger partial charge in [0, 0.05) is 13.0 Å². The maximum Gasteiger partial charge on any atom is 0.417 e. The first kappa shape index (κ1) is 12.4. The molecule has 1 aromatic carbocycles. The van der Waals surface area contributed by atoms with Gasteiger partial charge in [-0.15, -0.1) is 0 Å². The Labute approximate surface area is 104 Å². The second-order valence-electron chi connectivity index (χ2n) is 4.19. The lowest BCUT2D eigenvalue weighted by molar-refractivity contribution is -0.121. The van der Waals surface area contributed by atoms with E-state index in [4.69, 9.17) is 4.42 Å². The highest BCUT2D eigenvalue weighted by molar-refractivity contribution is 5.76. The van der Waals surface area contributed by atoms with Gasteiger partial charge in [-0.25, -0.2) is 4.79 Å². The molecule has 18 heavy (non-hydrogen) atoms. The number of carbonyl (C=O) groups excluding carboxylic acids is 1. The van der Waals surface area contributed by atoms with Gasteiger partial charge in [0.05, 0.1) is 5.52 Å². The van der Waals surface area contributed by atoms with Crippen LogP contribution in [0.4, 0.5) is 0 Å². The molecule has 2 rings (SSSR count). The van der Waals surface area contributed by atoms with E-state index in [1.165, 1.54) is 0 Å². The summed E-state index contributed by atoms with van der Waals surface area (Å²) in [5, 5.41) is 2.85. The molecule has 0 atom stereocenters. The number of benzene rings is 1. The van der Waals surface area contributed by atoms with Crippen LogP contribution in [0.5, 0.6) is 0 Å². The van der Waals surface area contributed by atoms with E-state index >= 15 is 0 Å². The molecule has 0 aliphatic carbocycles. The lowest BCUT2D eigenvalue weighted by Gasteiger charge is -2.04. The SMILES string of the molecule is CCCC(=O)NCCc1ccc2[nH]c(=O)oc2c1. The van der Waals surface area contributed by atoms with Crippen molar-refractivity contribution in [1.29, 1.82) is 0 Å². The fraction of sp³-hybridized carbons (Fsp3) is 0.385. The van der Waals surface area contributed by atoms with Gasteiger partial charge in [-0.3, -0.25) is 9.78 Å². The Morgan fingerprint density at radius 3 is 3.06 bits per heavy atom. The average Bonchev–Trinajstić information content (AvgIpc) is 2.69. The molecule has 1 heterocycles. The summed E-state index contributed by atoms with van der Waals surface area (Å²) in [6, 6.07) is 5.54. The molecule has 1 amide bonds. The van der Waals surface area contributed by atoms with E-state index in [9.17, 15) is 9.59 Å². The van der Waals surface area contributed by atoms with E-state index in [1.54, 1.807) is 0 Å². The Hall–Kier alpha value is -2.04. The lowest BCUT2D eigenvalue weighted by Crippen LogP contribution is -2.25. The molecule has 96 valence electrons. The van der Waals surface area contributed by atoms with Crippen LogP contribution in [0.1, 0.15) is 25.3 Å². The Bertz CT molecular complexity index is 598. The molecule has 0 bridgehead atoms. The molecule has 5 nitrogen and oxygen atoms in total. The number of amides is 1. The zero-order valence-corrected chi connectivity index (χ0v) is 10.3. The third-order valence-corrected chi connectivity index (χ3v) is 2.70. The van der Waals surface area contributed by atoms with Crippen molar-refractivity contribution in [2.45, 2.75) is 26.2 Å². The molecule has 0 aliphatic rings. The van der Waals surface area contributed by atoms with E-state index in [-0.39, 0.29) is 5.91 Å². The van der Waals surface area contributed by atoms with Crippen LogP contribution < -0.4 is 11.1 Å². The van der Waals surface area contributed by atoms with Gasteiger partial charge in [0.2, 0.25) is 5.91 Å². The van der Waals surface area contributed by atoms with Gasteiger partial charge in [0.1, 0.15) is 0 Å². The van der Waals surface area contributed by atoms with Crippen LogP contribution in [0.25, 0.3) is 11.1 Å². The Balaban J connectivity index is 1.95. The second kappa shape index (κ2) is 5.53. The van der Waals surface area contributed by atoms with Crippen molar-refractivity contribution >= 4 is 17.0 Å². The smallest absolute Gasteiger partial charge is 0.408 e. The lowest BCUT2D eigenvalue weighted by atomic mass is 10.1.